The maximum atomic E-state index is 11.2. The summed E-state index contributed by atoms with van der Waals surface area (Å²) in [5.41, 5.74) is 1.47. The van der Waals surface area contributed by atoms with Gasteiger partial charge >= 0.3 is 5.97 Å². The van der Waals surface area contributed by atoms with Crippen molar-refractivity contribution in [2.75, 3.05) is 0 Å². The molecule has 1 aromatic heterocycles. The fraction of sp³-hybridized carbons (Fsp3) is 0.0588. The van der Waals surface area contributed by atoms with Crippen LogP contribution in [0.1, 0.15) is 17.0 Å². The van der Waals surface area contributed by atoms with E-state index in [1.807, 2.05) is 24.3 Å². The Balaban J connectivity index is 2.12. The van der Waals surface area contributed by atoms with Crippen molar-refractivity contribution in [1.82, 2.24) is 4.98 Å². The molecule has 0 bridgehead atoms. The van der Waals surface area contributed by atoms with Crippen LogP contribution < -0.4 is 0 Å². The minimum absolute atomic E-state index is 0.116. The topological polar surface area (TPSA) is 93.3 Å². The zero-order valence-electron chi connectivity index (χ0n) is 12.7. The SMILES string of the molecule is O=C(O)C/C(=C/c1cc([N+](=O)[O-])ccc1Cl)c1nc2ccccc2s1. The van der Waals surface area contributed by atoms with E-state index in [4.69, 9.17) is 11.6 Å². The molecule has 3 aromatic rings. The number of carboxylic acid groups (broad SMARTS) is 1. The number of fused-ring (bicyclic) bond motifs is 1. The lowest BCUT2D eigenvalue weighted by Crippen LogP contribution is -1.97. The number of carboxylic acids is 1. The molecule has 3 rings (SSSR count). The average Bonchev–Trinajstić information content (AvgIpc) is 2.99. The lowest BCUT2D eigenvalue weighted by Gasteiger charge is -2.03. The van der Waals surface area contributed by atoms with Gasteiger partial charge in [-0.2, -0.15) is 0 Å². The van der Waals surface area contributed by atoms with Crippen LogP contribution in [0, 0.1) is 10.1 Å². The number of non-ortho nitro benzene ring substituents is 1. The van der Waals surface area contributed by atoms with Gasteiger partial charge in [0, 0.05) is 22.7 Å². The van der Waals surface area contributed by atoms with Crippen LogP contribution in [0.25, 0.3) is 21.9 Å². The van der Waals surface area contributed by atoms with Crippen LogP contribution >= 0.6 is 22.9 Å². The summed E-state index contributed by atoms with van der Waals surface area (Å²) >= 11 is 7.48. The van der Waals surface area contributed by atoms with E-state index in [0.717, 1.165) is 10.2 Å². The first kappa shape index (κ1) is 17.1. The van der Waals surface area contributed by atoms with Crippen LogP contribution in [0.2, 0.25) is 5.02 Å². The molecule has 126 valence electrons. The lowest BCUT2D eigenvalue weighted by molar-refractivity contribution is -0.384. The highest BCUT2D eigenvalue weighted by Crippen LogP contribution is 2.32. The first-order chi connectivity index (χ1) is 11.9. The number of hydrogen-bond acceptors (Lipinski definition) is 5. The van der Waals surface area contributed by atoms with E-state index in [0.29, 0.717) is 21.2 Å². The van der Waals surface area contributed by atoms with Crippen LogP contribution in [0.4, 0.5) is 5.69 Å². The summed E-state index contributed by atoms with van der Waals surface area (Å²) in [4.78, 5) is 26.1. The van der Waals surface area contributed by atoms with Gasteiger partial charge in [-0.3, -0.25) is 14.9 Å². The molecule has 0 saturated heterocycles. The number of benzene rings is 2. The van der Waals surface area contributed by atoms with E-state index in [1.165, 1.54) is 29.5 Å². The van der Waals surface area contributed by atoms with Gasteiger partial charge in [-0.05, 0) is 29.8 Å². The Kier molecular flexibility index (Phi) is 4.78. The Morgan fingerprint density at radius 2 is 2.08 bits per heavy atom. The molecule has 8 heteroatoms. The minimum Gasteiger partial charge on any atom is -0.481 e. The highest BCUT2D eigenvalue weighted by molar-refractivity contribution is 7.19. The number of nitrogens with zero attached hydrogens (tertiary/aromatic N) is 2. The molecule has 6 nitrogen and oxygen atoms in total. The summed E-state index contributed by atoms with van der Waals surface area (Å²) in [7, 11) is 0. The molecule has 0 saturated carbocycles. The molecule has 0 radical (unpaired) electrons. The largest absolute Gasteiger partial charge is 0.481 e. The van der Waals surface area contributed by atoms with Gasteiger partial charge in [-0.15, -0.1) is 11.3 Å². The molecule has 0 aliphatic rings. The normalized spacial score (nSPS) is 11.6. The molecule has 0 fully saturated rings. The summed E-state index contributed by atoms with van der Waals surface area (Å²) in [6.45, 7) is 0. The van der Waals surface area contributed by atoms with Gasteiger partial charge < -0.3 is 5.11 Å². The van der Waals surface area contributed by atoms with Gasteiger partial charge in [0.2, 0.25) is 0 Å². The Labute approximate surface area is 151 Å². The monoisotopic (exact) mass is 374 g/mol. The van der Waals surface area contributed by atoms with Crippen molar-refractivity contribution >= 4 is 56.5 Å². The molecule has 25 heavy (non-hydrogen) atoms. The summed E-state index contributed by atoms with van der Waals surface area (Å²) < 4.78 is 0.930. The lowest BCUT2D eigenvalue weighted by atomic mass is 10.1. The second-order valence-electron chi connectivity index (χ2n) is 5.19. The van der Waals surface area contributed by atoms with E-state index < -0.39 is 10.9 Å². The smallest absolute Gasteiger partial charge is 0.307 e. The highest BCUT2D eigenvalue weighted by atomic mass is 35.5. The number of rotatable bonds is 5. The standard InChI is InChI=1S/C17H11ClN2O4S/c18-13-6-5-12(20(23)24)8-10(13)7-11(9-16(21)22)17-19-14-3-1-2-4-15(14)25-17/h1-8H,9H2,(H,21,22)/b11-7-. The number of halogens is 1. The maximum absolute atomic E-state index is 11.2. The van der Waals surface area contributed by atoms with Crippen molar-refractivity contribution in [3.63, 3.8) is 0 Å². The number of nitro groups is 1. The van der Waals surface area contributed by atoms with Gasteiger partial charge in [0.1, 0.15) is 5.01 Å². The van der Waals surface area contributed by atoms with Crippen LogP contribution in [-0.2, 0) is 4.79 Å². The highest BCUT2D eigenvalue weighted by Gasteiger charge is 2.15. The summed E-state index contributed by atoms with van der Waals surface area (Å²) in [6.07, 6.45) is 1.28. The maximum Gasteiger partial charge on any atom is 0.307 e. The molecule has 1 N–H and O–H groups in total. The van der Waals surface area contributed by atoms with E-state index >= 15 is 0 Å². The third-order valence-corrected chi connectivity index (χ3v) is 4.89. The third-order valence-electron chi connectivity index (χ3n) is 3.43. The van der Waals surface area contributed by atoms with Crippen molar-refractivity contribution in [1.29, 1.82) is 0 Å². The van der Waals surface area contributed by atoms with E-state index in [2.05, 4.69) is 4.98 Å². The second-order valence-corrected chi connectivity index (χ2v) is 6.63. The van der Waals surface area contributed by atoms with Gasteiger partial charge in [0.25, 0.3) is 5.69 Å². The number of nitro benzene ring substituents is 1. The Morgan fingerprint density at radius 1 is 1.32 bits per heavy atom. The number of para-hydroxylation sites is 1. The average molecular weight is 375 g/mol. The molecule has 0 amide bonds. The molecule has 0 atom stereocenters. The van der Waals surface area contributed by atoms with Crippen LogP contribution in [0.3, 0.4) is 0 Å². The van der Waals surface area contributed by atoms with Crippen LogP contribution in [0.5, 0.6) is 0 Å². The minimum atomic E-state index is -1.02. The molecule has 0 spiro atoms. The summed E-state index contributed by atoms with van der Waals surface area (Å²) in [5.74, 6) is -1.02. The predicted octanol–water partition coefficient (Wildman–Crippen LogP) is 4.87. The van der Waals surface area contributed by atoms with Crippen LogP contribution in [-0.4, -0.2) is 21.0 Å². The van der Waals surface area contributed by atoms with Crippen molar-refractivity contribution in [3.05, 3.63) is 68.2 Å². The van der Waals surface area contributed by atoms with E-state index in [-0.39, 0.29) is 12.1 Å². The number of aliphatic carboxylic acids is 1. The predicted molar refractivity (Wildman–Crippen MR) is 97.9 cm³/mol. The molecular weight excluding hydrogens is 364 g/mol. The van der Waals surface area contributed by atoms with Gasteiger partial charge in [0.05, 0.1) is 21.6 Å². The number of thiazole rings is 1. The van der Waals surface area contributed by atoms with Crippen LogP contribution in [0.15, 0.2) is 42.5 Å². The summed E-state index contributed by atoms with van der Waals surface area (Å²) in [6, 6.07) is 11.5. The molecule has 1 heterocycles. The third kappa shape index (κ3) is 3.84. The van der Waals surface area contributed by atoms with Gasteiger partial charge in [0.15, 0.2) is 0 Å². The van der Waals surface area contributed by atoms with E-state index in [9.17, 15) is 20.0 Å². The number of carbonyl (C=O) groups is 1. The first-order valence-electron chi connectivity index (χ1n) is 7.16. The molecule has 0 aliphatic carbocycles. The van der Waals surface area contributed by atoms with Gasteiger partial charge in [-0.1, -0.05) is 23.7 Å². The molecular formula is C17H11ClN2O4S. The number of aromatic nitrogens is 1. The van der Waals surface area contributed by atoms with Crippen molar-refractivity contribution < 1.29 is 14.8 Å². The van der Waals surface area contributed by atoms with E-state index in [1.54, 1.807) is 6.08 Å². The summed E-state index contributed by atoms with van der Waals surface area (Å²) in [5, 5.41) is 21.0. The Morgan fingerprint density at radius 3 is 2.76 bits per heavy atom. The number of hydrogen-bond donors (Lipinski definition) is 1. The Bertz CT molecular complexity index is 980. The zero-order chi connectivity index (χ0) is 18.0. The fourth-order valence-corrected chi connectivity index (χ4v) is 3.46. The second kappa shape index (κ2) is 7.00. The van der Waals surface area contributed by atoms with Crippen molar-refractivity contribution in [2.24, 2.45) is 0 Å². The Hall–Kier alpha value is -2.77. The first-order valence-corrected chi connectivity index (χ1v) is 8.36. The molecule has 0 unspecified atom stereocenters. The van der Waals surface area contributed by atoms with Crippen molar-refractivity contribution in [2.45, 2.75) is 6.42 Å². The zero-order valence-corrected chi connectivity index (χ0v) is 14.3. The molecule has 0 aliphatic heterocycles. The molecule has 2 aromatic carbocycles. The van der Waals surface area contributed by atoms with Crippen molar-refractivity contribution in [3.8, 4) is 0 Å². The van der Waals surface area contributed by atoms with Gasteiger partial charge in [-0.25, -0.2) is 4.98 Å². The quantitative estimate of drug-likeness (QED) is 0.507. The fourth-order valence-electron chi connectivity index (χ4n) is 2.30.